The van der Waals surface area contributed by atoms with Crippen LogP contribution in [-0.2, 0) is 0 Å². The first kappa shape index (κ1) is 10.7. The summed E-state index contributed by atoms with van der Waals surface area (Å²) in [5.74, 6) is 2.14. The SMILES string of the molecule is CN(SCCS)C1CCCCC1. The van der Waals surface area contributed by atoms with Crippen LogP contribution >= 0.6 is 24.6 Å². The van der Waals surface area contributed by atoms with Gasteiger partial charge in [-0.1, -0.05) is 31.2 Å². The number of rotatable bonds is 4. The van der Waals surface area contributed by atoms with E-state index in [0.717, 1.165) is 17.5 Å². The van der Waals surface area contributed by atoms with Gasteiger partial charge in [0.2, 0.25) is 0 Å². The molecule has 1 aliphatic carbocycles. The van der Waals surface area contributed by atoms with E-state index in [1.165, 1.54) is 32.1 Å². The summed E-state index contributed by atoms with van der Waals surface area (Å²) < 4.78 is 2.44. The molecule has 0 N–H and O–H groups in total. The van der Waals surface area contributed by atoms with Crippen molar-refractivity contribution >= 4 is 24.6 Å². The molecule has 0 aromatic rings. The molecule has 0 aromatic heterocycles. The predicted molar refractivity (Wildman–Crippen MR) is 60.9 cm³/mol. The van der Waals surface area contributed by atoms with Crippen molar-refractivity contribution in [1.82, 2.24) is 4.31 Å². The Kier molecular flexibility index (Phi) is 5.52. The van der Waals surface area contributed by atoms with Crippen molar-refractivity contribution in [3.05, 3.63) is 0 Å². The Bertz CT molecular complexity index is 113. The predicted octanol–water partition coefficient (Wildman–Crippen LogP) is 2.83. The summed E-state index contributed by atoms with van der Waals surface area (Å²) in [5.41, 5.74) is 0. The summed E-state index contributed by atoms with van der Waals surface area (Å²) >= 11 is 6.15. The summed E-state index contributed by atoms with van der Waals surface area (Å²) in [6.07, 6.45) is 7.10. The van der Waals surface area contributed by atoms with E-state index >= 15 is 0 Å². The minimum absolute atomic E-state index is 0.837. The third-order valence-corrected chi connectivity index (χ3v) is 4.09. The maximum absolute atomic E-state index is 4.21. The van der Waals surface area contributed by atoms with Crippen molar-refractivity contribution in [3.63, 3.8) is 0 Å². The van der Waals surface area contributed by atoms with Crippen LogP contribution in [0.5, 0.6) is 0 Å². The molecule has 0 atom stereocenters. The molecule has 0 heterocycles. The Balaban J connectivity index is 2.15. The highest BCUT2D eigenvalue weighted by molar-refractivity contribution is 7.97. The van der Waals surface area contributed by atoms with Crippen LogP contribution in [-0.4, -0.2) is 28.9 Å². The van der Waals surface area contributed by atoms with Crippen LogP contribution in [0, 0.1) is 0 Å². The second kappa shape index (κ2) is 6.17. The fourth-order valence-corrected chi connectivity index (χ4v) is 2.77. The highest BCUT2D eigenvalue weighted by Crippen LogP contribution is 2.25. The Labute approximate surface area is 85.8 Å². The molecule has 0 spiro atoms. The lowest BCUT2D eigenvalue weighted by Gasteiger charge is -2.29. The minimum atomic E-state index is 0.837. The van der Waals surface area contributed by atoms with Crippen LogP contribution in [0.15, 0.2) is 0 Å². The lowest BCUT2D eigenvalue weighted by atomic mass is 9.96. The van der Waals surface area contributed by atoms with E-state index < -0.39 is 0 Å². The van der Waals surface area contributed by atoms with E-state index in [0.29, 0.717) is 0 Å². The Hall–Kier alpha value is 0.660. The molecule has 0 aromatic carbocycles. The molecule has 0 amide bonds. The molecule has 72 valence electrons. The molecule has 1 aliphatic rings. The van der Waals surface area contributed by atoms with Gasteiger partial charge in [0, 0.05) is 17.5 Å². The average molecular weight is 205 g/mol. The number of hydrogen-bond donors (Lipinski definition) is 1. The van der Waals surface area contributed by atoms with Gasteiger partial charge in [-0.05, 0) is 19.9 Å². The summed E-state index contributed by atoms with van der Waals surface area (Å²) in [6.45, 7) is 0. The first-order valence-corrected chi connectivity index (χ1v) is 6.38. The molecule has 0 saturated heterocycles. The van der Waals surface area contributed by atoms with Gasteiger partial charge in [-0.25, -0.2) is 0 Å². The molecular weight excluding hydrogens is 186 g/mol. The van der Waals surface area contributed by atoms with E-state index in [1.807, 2.05) is 11.9 Å². The lowest BCUT2D eigenvalue weighted by molar-refractivity contribution is 0.305. The standard InChI is InChI=1S/C9H19NS2/c1-10(12-8-7-11)9-5-3-2-4-6-9/h9,11H,2-8H2,1H3. The minimum Gasteiger partial charge on any atom is -0.251 e. The fraction of sp³-hybridized carbons (Fsp3) is 1.00. The molecule has 3 heteroatoms. The lowest BCUT2D eigenvalue weighted by Crippen LogP contribution is -2.28. The molecule has 0 radical (unpaired) electrons. The van der Waals surface area contributed by atoms with E-state index in [2.05, 4.69) is 24.0 Å². The Morgan fingerprint density at radius 2 is 2.00 bits per heavy atom. The van der Waals surface area contributed by atoms with Gasteiger partial charge in [0.15, 0.2) is 0 Å². The zero-order valence-electron chi connectivity index (χ0n) is 7.83. The Morgan fingerprint density at radius 1 is 1.33 bits per heavy atom. The van der Waals surface area contributed by atoms with Gasteiger partial charge in [0.1, 0.15) is 0 Å². The van der Waals surface area contributed by atoms with Crippen molar-refractivity contribution in [3.8, 4) is 0 Å². The third-order valence-electron chi connectivity index (χ3n) is 2.48. The van der Waals surface area contributed by atoms with Crippen molar-refractivity contribution in [1.29, 1.82) is 0 Å². The van der Waals surface area contributed by atoms with Gasteiger partial charge in [0.25, 0.3) is 0 Å². The molecule has 0 bridgehead atoms. The summed E-state index contributed by atoms with van der Waals surface area (Å²) in [4.78, 5) is 0. The average Bonchev–Trinajstić information content (AvgIpc) is 2.15. The third kappa shape index (κ3) is 3.58. The van der Waals surface area contributed by atoms with Gasteiger partial charge in [0.05, 0.1) is 0 Å². The van der Waals surface area contributed by atoms with Gasteiger partial charge < -0.3 is 0 Å². The zero-order valence-corrected chi connectivity index (χ0v) is 9.54. The fourth-order valence-electron chi connectivity index (χ4n) is 1.73. The van der Waals surface area contributed by atoms with E-state index in [-0.39, 0.29) is 0 Å². The summed E-state index contributed by atoms with van der Waals surface area (Å²) in [5, 5.41) is 0. The molecule has 12 heavy (non-hydrogen) atoms. The highest BCUT2D eigenvalue weighted by Gasteiger charge is 2.17. The van der Waals surface area contributed by atoms with Crippen LogP contribution in [0.2, 0.25) is 0 Å². The van der Waals surface area contributed by atoms with E-state index in [4.69, 9.17) is 0 Å². The number of thiol groups is 1. The molecule has 0 aliphatic heterocycles. The molecule has 1 fully saturated rings. The topological polar surface area (TPSA) is 3.24 Å². The van der Waals surface area contributed by atoms with Crippen molar-refractivity contribution in [2.24, 2.45) is 0 Å². The van der Waals surface area contributed by atoms with Gasteiger partial charge in [-0.15, -0.1) is 0 Å². The second-order valence-electron chi connectivity index (χ2n) is 3.39. The first-order valence-electron chi connectivity index (χ1n) is 4.81. The van der Waals surface area contributed by atoms with Gasteiger partial charge in [-0.2, -0.15) is 12.6 Å². The normalized spacial score (nSPS) is 20.2. The monoisotopic (exact) mass is 205 g/mol. The zero-order chi connectivity index (χ0) is 8.81. The van der Waals surface area contributed by atoms with Crippen LogP contribution in [0.3, 0.4) is 0 Å². The van der Waals surface area contributed by atoms with Gasteiger partial charge in [-0.3, -0.25) is 4.31 Å². The molecule has 1 saturated carbocycles. The summed E-state index contributed by atoms with van der Waals surface area (Å²) in [6, 6.07) is 0.837. The Morgan fingerprint density at radius 3 is 2.58 bits per heavy atom. The molecule has 0 unspecified atom stereocenters. The van der Waals surface area contributed by atoms with Gasteiger partial charge >= 0.3 is 0 Å². The smallest absolute Gasteiger partial charge is 0.0199 e. The maximum Gasteiger partial charge on any atom is 0.0199 e. The van der Waals surface area contributed by atoms with E-state index in [1.54, 1.807) is 0 Å². The van der Waals surface area contributed by atoms with Crippen LogP contribution in [0.1, 0.15) is 32.1 Å². The number of hydrogen-bond acceptors (Lipinski definition) is 3. The second-order valence-corrected chi connectivity index (χ2v) is 5.08. The van der Waals surface area contributed by atoms with E-state index in [9.17, 15) is 0 Å². The first-order chi connectivity index (χ1) is 5.84. The largest absolute Gasteiger partial charge is 0.251 e. The van der Waals surface area contributed by atoms with Crippen LogP contribution in [0.25, 0.3) is 0 Å². The quantitative estimate of drug-likeness (QED) is 0.555. The maximum atomic E-state index is 4.21. The molecule has 1 rings (SSSR count). The summed E-state index contributed by atoms with van der Waals surface area (Å²) in [7, 11) is 2.23. The highest BCUT2D eigenvalue weighted by atomic mass is 32.2. The molecule has 1 nitrogen and oxygen atoms in total. The van der Waals surface area contributed by atoms with Crippen molar-refractivity contribution in [2.75, 3.05) is 18.6 Å². The molecular formula is C9H19NS2. The van der Waals surface area contributed by atoms with Crippen LogP contribution < -0.4 is 0 Å². The van der Waals surface area contributed by atoms with Crippen molar-refractivity contribution in [2.45, 2.75) is 38.1 Å². The van der Waals surface area contributed by atoms with Crippen LogP contribution in [0.4, 0.5) is 0 Å². The number of nitrogens with zero attached hydrogens (tertiary/aromatic N) is 1. The van der Waals surface area contributed by atoms with Crippen molar-refractivity contribution < 1.29 is 0 Å².